The number of nitrogens with one attached hydrogen (secondary N) is 1. The van der Waals surface area contributed by atoms with Crippen LogP contribution in [0, 0.1) is 5.92 Å². The Labute approximate surface area is 74.6 Å². The van der Waals surface area contributed by atoms with Crippen LogP contribution >= 0.6 is 0 Å². The number of hydroxylamine groups is 1. The minimum absolute atomic E-state index is 0.519. The van der Waals surface area contributed by atoms with E-state index in [1.165, 1.54) is 44.9 Å². The fourth-order valence-electron chi connectivity index (χ4n) is 1.99. The Hall–Kier alpha value is -0.0800. The zero-order valence-corrected chi connectivity index (χ0v) is 7.72. The summed E-state index contributed by atoms with van der Waals surface area (Å²) in [5.41, 5.74) is 3.13. The van der Waals surface area contributed by atoms with Crippen LogP contribution in [0.15, 0.2) is 0 Å². The monoisotopic (exact) mass is 169 g/mol. The van der Waals surface area contributed by atoms with Gasteiger partial charge in [0.25, 0.3) is 0 Å². The van der Waals surface area contributed by atoms with E-state index in [0.717, 1.165) is 12.5 Å². The van der Waals surface area contributed by atoms with E-state index in [0.29, 0.717) is 6.10 Å². The van der Waals surface area contributed by atoms with Crippen molar-refractivity contribution < 1.29 is 4.84 Å². The van der Waals surface area contributed by atoms with Crippen molar-refractivity contribution in [2.75, 3.05) is 6.54 Å². The van der Waals surface area contributed by atoms with Crippen molar-refractivity contribution in [2.45, 2.75) is 51.0 Å². The Morgan fingerprint density at radius 1 is 1.00 bits per heavy atom. The molecule has 12 heavy (non-hydrogen) atoms. The summed E-state index contributed by atoms with van der Waals surface area (Å²) >= 11 is 0. The molecule has 0 spiro atoms. The smallest absolute Gasteiger partial charge is 0.0790 e. The predicted octanol–water partition coefficient (Wildman–Crippen LogP) is 2.25. The molecule has 0 bridgehead atoms. The van der Waals surface area contributed by atoms with Crippen molar-refractivity contribution in [2.24, 2.45) is 5.92 Å². The maximum Gasteiger partial charge on any atom is 0.0790 e. The molecule has 2 rings (SSSR count). The lowest BCUT2D eigenvalue weighted by molar-refractivity contribution is -0.0314. The van der Waals surface area contributed by atoms with E-state index in [1.54, 1.807) is 0 Å². The molecule has 0 aromatic rings. The topological polar surface area (TPSA) is 21.3 Å². The zero-order chi connectivity index (χ0) is 8.23. The maximum absolute atomic E-state index is 5.56. The maximum atomic E-state index is 5.56. The Morgan fingerprint density at radius 2 is 1.75 bits per heavy atom. The highest BCUT2D eigenvalue weighted by atomic mass is 16.7. The summed E-state index contributed by atoms with van der Waals surface area (Å²) in [4.78, 5) is 5.56. The lowest BCUT2D eigenvalue weighted by atomic mass is 9.86. The van der Waals surface area contributed by atoms with Crippen LogP contribution in [-0.4, -0.2) is 12.6 Å². The van der Waals surface area contributed by atoms with E-state index in [4.69, 9.17) is 4.84 Å². The molecular formula is C10H19NO. The third kappa shape index (κ3) is 2.20. The molecule has 0 atom stereocenters. The highest BCUT2D eigenvalue weighted by Crippen LogP contribution is 2.25. The molecule has 0 unspecified atom stereocenters. The van der Waals surface area contributed by atoms with E-state index in [-0.39, 0.29) is 0 Å². The summed E-state index contributed by atoms with van der Waals surface area (Å²) in [6.45, 7) is 1.08. The molecule has 2 heteroatoms. The Kier molecular flexibility index (Phi) is 3.01. The van der Waals surface area contributed by atoms with Gasteiger partial charge in [0.15, 0.2) is 0 Å². The molecule has 2 nitrogen and oxygen atoms in total. The van der Waals surface area contributed by atoms with E-state index >= 15 is 0 Å². The van der Waals surface area contributed by atoms with Crippen molar-refractivity contribution >= 4 is 0 Å². The van der Waals surface area contributed by atoms with Gasteiger partial charge < -0.3 is 0 Å². The molecule has 2 fully saturated rings. The Morgan fingerprint density at radius 3 is 2.33 bits per heavy atom. The average molecular weight is 169 g/mol. The second-order valence-electron chi connectivity index (χ2n) is 4.17. The molecule has 0 aromatic heterocycles. The second-order valence-corrected chi connectivity index (χ2v) is 4.17. The van der Waals surface area contributed by atoms with Crippen molar-refractivity contribution in [1.82, 2.24) is 5.48 Å². The fraction of sp³-hybridized carbons (Fsp3) is 1.00. The normalized spacial score (nSPS) is 26.0. The van der Waals surface area contributed by atoms with Crippen molar-refractivity contribution in [1.29, 1.82) is 0 Å². The first-order chi connectivity index (χ1) is 5.95. The van der Waals surface area contributed by atoms with Gasteiger partial charge in [-0.05, 0) is 31.6 Å². The lowest BCUT2D eigenvalue weighted by Gasteiger charge is -2.25. The van der Waals surface area contributed by atoms with E-state index in [2.05, 4.69) is 5.48 Å². The van der Waals surface area contributed by atoms with Gasteiger partial charge in [0.1, 0.15) is 0 Å². The van der Waals surface area contributed by atoms with Gasteiger partial charge in [-0.25, -0.2) is 5.48 Å². The minimum atomic E-state index is 0.519. The van der Waals surface area contributed by atoms with Crippen LogP contribution in [0.1, 0.15) is 44.9 Å². The van der Waals surface area contributed by atoms with Gasteiger partial charge in [0.2, 0.25) is 0 Å². The third-order valence-corrected chi connectivity index (χ3v) is 3.15. The van der Waals surface area contributed by atoms with E-state index < -0.39 is 0 Å². The summed E-state index contributed by atoms with van der Waals surface area (Å²) < 4.78 is 0. The standard InChI is InChI=1S/C10H19NO/c1-2-7-10(6-1)12-11-8-9-4-3-5-9/h9-11H,1-8H2. The van der Waals surface area contributed by atoms with Crippen molar-refractivity contribution in [3.63, 3.8) is 0 Å². The van der Waals surface area contributed by atoms with Gasteiger partial charge in [-0.2, -0.15) is 0 Å². The Balaban J connectivity index is 1.49. The number of hydrogen-bond acceptors (Lipinski definition) is 2. The summed E-state index contributed by atoms with van der Waals surface area (Å²) in [5.74, 6) is 0.909. The molecule has 70 valence electrons. The van der Waals surface area contributed by atoms with E-state index in [9.17, 15) is 0 Å². The molecule has 0 radical (unpaired) electrons. The van der Waals surface area contributed by atoms with Gasteiger partial charge >= 0.3 is 0 Å². The predicted molar refractivity (Wildman–Crippen MR) is 48.7 cm³/mol. The quantitative estimate of drug-likeness (QED) is 0.652. The first-order valence-corrected chi connectivity index (χ1v) is 5.33. The van der Waals surface area contributed by atoms with Gasteiger partial charge in [-0.3, -0.25) is 4.84 Å². The molecule has 0 aliphatic heterocycles. The zero-order valence-electron chi connectivity index (χ0n) is 7.72. The first-order valence-electron chi connectivity index (χ1n) is 5.33. The van der Waals surface area contributed by atoms with Gasteiger partial charge in [0.05, 0.1) is 6.10 Å². The van der Waals surface area contributed by atoms with Crippen LogP contribution < -0.4 is 5.48 Å². The molecule has 0 amide bonds. The molecule has 0 aromatic carbocycles. The largest absolute Gasteiger partial charge is 0.299 e. The highest BCUT2D eigenvalue weighted by Gasteiger charge is 2.19. The van der Waals surface area contributed by atoms with Crippen LogP contribution in [0.5, 0.6) is 0 Å². The SMILES string of the molecule is C1CC(CNOC2CCCC2)C1. The second kappa shape index (κ2) is 4.24. The van der Waals surface area contributed by atoms with Crippen LogP contribution in [0.3, 0.4) is 0 Å². The lowest BCUT2D eigenvalue weighted by Crippen LogP contribution is -2.30. The molecule has 0 saturated heterocycles. The van der Waals surface area contributed by atoms with Gasteiger partial charge in [-0.1, -0.05) is 19.3 Å². The summed E-state index contributed by atoms with van der Waals surface area (Å²) in [7, 11) is 0. The molecule has 2 aliphatic rings. The summed E-state index contributed by atoms with van der Waals surface area (Å²) in [5, 5.41) is 0. The van der Waals surface area contributed by atoms with Crippen molar-refractivity contribution in [3.05, 3.63) is 0 Å². The third-order valence-electron chi connectivity index (χ3n) is 3.15. The minimum Gasteiger partial charge on any atom is -0.299 e. The van der Waals surface area contributed by atoms with Gasteiger partial charge in [-0.15, -0.1) is 0 Å². The molecule has 1 N–H and O–H groups in total. The number of rotatable bonds is 4. The van der Waals surface area contributed by atoms with Gasteiger partial charge in [0, 0.05) is 6.54 Å². The summed E-state index contributed by atoms with van der Waals surface area (Å²) in [6, 6.07) is 0. The first kappa shape index (κ1) is 8.52. The fourth-order valence-corrected chi connectivity index (χ4v) is 1.99. The molecular weight excluding hydrogens is 150 g/mol. The Bertz CT molecular complexity index is 128. The molecule has 2 saturated carbocycles. The number of hydrogen-bond donors (Lipinski definition) is 1. The summed E-state index contributed by atoms with van der Waals surface area (Å²) in [6.07, 6.45) is 9.99. The van der Waals surface area contributed by atoms with Crippen molar-refractivity contribution in [3.8, 4) is 0 Å². The molecule has 0 heterocycles. The van der Waals surface area contributed by atoms with Crippen LogP contribution in [0.4, 0.5) is 0 Å². The highest BCUT2D eigenvalue weighted by molar-refractivity contribution is 4.70. The molecule has 2 aliphatic carbocycles. The van der Waals surface area contributed by atoms with Crippen LogP contribution in [-0.2, 0) is 4.84 Å². The van der Waals surface area contributed by atoms with Crippen LogP contribution in [0.25, 0.3) is 0 Å². The average Bonchev–Trinajstić information content (AvgIpc) is 2.46. The van der Waals surface area contributed by atoms with E-state index in [1.807, 2.05) is 0 Å². The van der Waals surface area contributed by atoms with Crippen LogP contribution in [0.2, 0.25) is 0 Å².